The minimum Gasteiger partial charge on any atom is -0.390 e. The van der Waals surface area contributed by atoms with Crippen molar-refractivity contribution in [2.75, 3.05) is 33.2 Å². The van der Waals surface area contributed by atoms with Gasteiger partial charge in [-0.05, 0) is 44.7 Å². The summed E-state index contributed by atoms with van der Waals surface area (Å²) in [4.78, 5) is 30.6. The molecule has 24 heavy (non-hydrogen) atoms. The number of imide groups is 1. The van der Waals surface area contributed by atoms with Crippen LogP contribution in [0, 0.1) is 5.92 Å². The highest BCUT2D eigenvalue weighted by Gasteiger charge is 2.55. The van der Waals surface area contributed by atoms with Gasteiger partial charge in [-0.15, -0.1) is 0 Å². The summed E-state index contributed by atoms with van der Waals surface area (Å²) in [5.41, 5.74) is -0.643. The van der Waals surface area contributed by atoms with Gasteiger partial charge in [0.1, 0.15) is 5.54 Å². The zero-order valence-electron chi connectivity index (χ0n) is 15.0. The molecular weight excluding hydrogens is 306 g/mol. The van der Waals surface area contributed by atoms with Gasteiger partial charge in [0.15, 0.2) is 0 Å². The van der Waals surface area contributed by atoms with E-state index in [9.17, 15) is 14.7 Å². The Bertz CT molecular complexity index is 482. The van der Waals surface area contributed by atoms with Crippen LogP contribution in [0.1, 0.15) is 51.9 Å². The van der Waals surface area contributed by atoms with Gasteiger partial charge in [-0.3, -0.25) is 9.69 Å². The Morgan fingerprint density at radius 3 is 2.38 bits per heavy atom. The van der Waals surface area contributed by atoms with E-state index in [4.69, 9.17) is 0 Å². The molecule has 1 atom stereocenters. The number of urea groups is 1. The third-order valence-electron chi connectivity index (χ3n) is 6.22. The van der Waals surface area contributed by atoms with Crippen LogP contribution in [-0.4, -0.2) is 76.6 Å². The zero-order chi connectivity index (χ0) is 17.3. The lowest BCUT2D eigenvalue weighted by atomic mass is 9.81. The van der Waals surface area contributed by atoms with Gasteiger partial charge in [0.05, 0.1) is 12.6 Å². The number of β-amino-alcohol motifs (C(OH)–C–C–N with tert-alkyl or cyclic N) is 1. The minimum atomic E-state index is -0.668. The Balaban J connectivity index is 1.60. The fourth-order valence-electron chi connectivity index (χ4n) is 4.50. The van der Waals surface area contributed by atoms with Crippen molar-refractivity contribution >= 4 is 11.9 Å². The maximum absolute atomic E-state index is 12.9. The number of aliphatic hydroxyl groups excluding tert-OH is 1. The summed E-state index contributed by atoms with van der Waals surface area (Å²) in [5, 5.41) is 10.4. The lowest BCUT2D eigenvalue weighted by Crippen LogP contribution is -2.49. The van der Waals surface area contributed by atoms with Gasteiger partial charge in [0.2, 0.25) is 0 Å². The van der Waals surface area contributed by atoms with Crippen LogP contribution in [0.3, 0.4) is 0 Å². The summed E-state index contributed by atoms with van der Waals surface area (Å²) in [6.45, 7) is 4.90. The first kappa shape index (κ1) is 17.7. The number of aliphatic hydroxyl groups is 1. The van der Waals surface area contributed by atoms with E-state index in [1.54, 1.807) is 11.9 Å². The number of carbonyl (C=O) groups excluding carboxylic acids is 2. The van der Waals surface area contributed by atoms with E-state index in [1.807, 2.05) is 0 Å². The van der Waals surface area contributed by atoms with Crippen molar-refractivity contribution in [3.05, 3.63) is 0 Å². The molecule has 0 radical (unpaired) electrons. The Kier molecular flexibility index (Phi) is 5.16. The molecule has 1 spiro atoms. The molecule has 136 valence electrons. The van der Waals surface area contributed by atoms with Crippen LogP contribution < -0.4 is 0 Å². The fourth-order valence-corrected chi connectivity index (χ4v) is 4.50. The summed E-state index contributed by atoms with van der Waals surface area (Å²) in [6, 6.07) is -0.242. The SMILES string of the molecule is CC1CCN(C[C@H](O)CN2C(=O)N(C)C3(CCCCC3)C2=O)CC1. The standard InChI is InChI=1S/C18H31N3O3/c1-14-6-10-20(11-7-14)12-15(22)13-21-16(23)18(19(2)17(21)24)8-4-3-5-9-18/h14-15,22H,3-13H2,1-2H3/t15-/m0/s1. The zero-order valence-corrected chi connectivity index (χ0v) is 15.0. The average Bonchev–Trinajstić information content (AvgIpc) is 2.74. The van der Waals surface area contributed by atoms with Crippen LogP contribution in [0.4, 0.5) is 4.79 Å². The summed E-state index contributed by atoms with van der Waals surface area (Å²) in [6.07, 6.45) is 6.26. The molecular formula is C18H31N3O3. The molecule has 2 saturated heterocycles. The molecule has 0 unspecified atom stereocenters. The van der Waals surface area contributed by atoms with Crippen molar-refractivity contribution in [3.63, 3.8) is 0 Å². The van der Waals surface area contributed by atoms with Crippen molar-refractivity contribution < 1.29 is 14.7 Å². The van der Waals surface area contributed by atoms with Crippen LogP contribution in [0.2, 0.25) is 0 Å². The Labute approximate surface area is 144 Å². The van der Waals surface area contributed by atoms with Gasteiger partial charge in [-0.1, -0.05) is 26.2 Å². The number of nitrogens with zero attached hydrogens (tertiary/aromatic N) is 3. The van der Waals surface area contributed by atoms with Crippen molar-refractivity contribution in [1.29, 1.82) is 0 Å². The largest absolute Gasteiger partial charge is 0.390 e. The predicted molar refractivity (Wildman–Crippen MR) is 91.5 cm³/mol. The van der Waals surface area contributed by atoms with Gasteiger partial charge in [0.25, 0.3) is 5.91 Å². The topological polar surface area (TPSA) is 64.1 Å². The van der Waals surface area contributed by atoms with Crippen LogP contribution in [0.15, 0.2) is 0 Å². The second-order valence-corrected chi connectivity index (χ2v) is 7.99. The molecule has 1 N–H and O–H groups in total. The molecule has 3 fully saturated rings. The molecule has 0 aromatic carbocycles. The molecule has 2 heterocycles. The molecule has 0 aromatic heterocycles. The number of carbonyl (C=O) groups is 2. The second kappa shape index (κ2) is 7.00. The number of piperidine rings is 1. The number of likely N-dealkylation sites (N-methyl/N-ethyl adjacent to an activating group) is 1. The Hall–Kier alpha value is -1.14. The predicted octanol–water partition coefficient (Wildman–Crippen LogP) is 1.68. The van der Waals surface area contributed by atoms with Crippen molar-refractivity contribution in [2.45, 2.75) is 63.5 Å². The molecule has 3 amide bonds. The first-order valence-electron chi connectivity index (χ1n) is 9.44. The second-order valence-electron chi connectivity index (χ2n) is 7.99. The monoisotopic (exact) mass is 337 g/mol. The highest BCUT2D eigenvalue weighted by atomic mass is 16.3. The first-order valence-corrected chi connectivity index (χ1v) is 9.44. The van der Waals surface area contributed by atoms with Crippen LogP contribution in [-0.2, 0) is 4.79 Å². The summed E-state index contributed by atoms with van der Waals surface area (Å²) in [7, 11) is 1.74. The smallest absolute Gasteiger partial charge is 0.327 e. The third kappa shape index (κ3) is 3.18. The third-order valence-corrected chi connectivity index (χ3v) is 6.22. The summed E-state index contributed by atoms with van der Waals surface area (Å²) >= 11 is 0. The van der Waals surface area contributed by atoms with Crippen LogP contribution >= 0.6 is 0 Å². The molecule has 2 aliphatic heterocycles. The van der Waals surface area contributed by atoms with Crippen molar-refractivity contribution in [2.24, 2.45) is 5.92 Å². The Morgan fingerprint density at radius 2 is 1.75 bits per heavy atom. The molecule has 3 aliphatic rings. The summed E-state index contributed by atoms with van der Waals surface area (Å²) in [5.74, 6) is 0.654. The normalized spacial score (nSPS) is 27.3. The van der Waals surface area contributed by atoms with Gasteiger partial charge in [-0.2, -0.15) is 0 Å². The molecule has 6 nitrogen and oxygen atoms in total. The lowest BCUT2D eigenvalue weighted by Gasteiger charge is -2.36. The van der Waals surface area contributed by atoms with E-state index in [2.05, 4.69) is 11.8 Å². The maximum atomic E-state index is 12.9. The molecule has 0 bridgehead atoms. The van der Waals surface area contributed by atoms with Crippen LogP contribution in [0.5, 0.6) is 0 Å². The van der Waals surface area contributed by atoms with Gasteiger partial charge in [0, 0.05) is 13.6 Å². The lowest BCUT2D eigenvalue weighted by molar-refractivity contribution is -0.135. The van der Waals surface area contributed by atoms with Crippen LogP contribution in [0.25, 0.3) is 0 Å². The highest BCUT2D eigenvalue weighted by molar-refractivity contribution is 6.07. The van der Waals surface area contributed by atoms with E-state index in [1.165, 1.54) is 4.90 Å². The Morgan fingerprint density at radius 1 is 1.12 bits per heavy atom. The molecule has 1 saturated carbocycles. The highest BCUT2D eigenvalue weighted by Crippen LogP contribution is 2.39. The van der Waals surface area contributed by atoms with E-state index in [-0.39, 0.29) is 18.5 Å². The minimum absolute atomic E-state index is 0.0963. The van der Waals surface area contributed by atoms with Gasteiger partial charge in [-0.25, -0.2) is 4.79 Å². The average molecular weight is 337 g/mol. The number of rotatable bonds is 4. The quantitative estimate of drug-likeness (QED) is 0.793. The van der Waals surface area contributed by atoms with Crippen molar-refractivity contribution in [1.82, 2.24) is 14.7 Å². The van der Waals surface area contributed by atoms with E-state index >= 15 is 0 Å². The van der Waals surface area contributed by atoms with E-state index in [0.717, 1.165) is 64.0 Å². The molecule has 3 rings (SSSR count). The number of likely N-dealkylation sites (tertiary alicyclic amines) is 1. The number of amides is 3. The molecule has 1 aliphatic carbocycles. The summed E-state index contributed by atoms with van der Waals surface area (Å²) < 4.78 is 0. The van der Waals surface area contributed by atoms with Crippen molar-refractivity contribution in [3.8, 4) is 0 Å². The number of hydrogen-bond acceptors (Lipinski definition) is 4. The van der Waals surface area contributed by atoms with Gasteiger partial charge < -0.3 is 14.9 Å². The number of hydrogen-bond donors (Lipinski definition) is 1. The fraction of sp³-hybridized carbons (Fsp3) is 0.889. The molecule has 6 heteroatoms. The maximum Gasteiger partial charge on any atom is 0.327 e. The van der Waals surface area contributed by atoms with E-state index < -0.39 is 11.6 Å². The first-order chi connectivity index (χ1) is 11.4. The molecule has 0 aromatic rings. The van der Waals surface area contributed by atoms with Gasteiger partial charge >= 0.3 is 6.03 Å². The van der Waals surface area contributed by atoms with E-state index in [0.29, 0.717) is 6.54 Å².